The fraction of sp³-hybridized carbons (Fsp3) is 0. The summed E-state index contributed by atoms with van der Waals surface area (Å²) < 4.78 is 6.31. The second kappa shape index (κ2) is 3.74. The largest absolute Gasteiger partial charge is 0.424 e. The van der Waals surface area contributed by atoms with Crippen LogP contribution in [-0.2, 0) is 0 Å². The third-order valence-electron chi connectivity index (χ3n) is 1.66. The molecule has 0 bridgehead atoms. The molecule has 0 aliphatic carbocycles. The van der Waals surface area contributed by atoms with Crippen molar-refractivity contribution in [3.05, 3.63) is 49.1 Å². The average Bonchev–Trinajstić information content (AvgIpc) is 2.72. The summed E-state index contributed by atoms with van der Waals surface area (Å²) in [7, 11) is 0. The zero-order chi connectivity index (χ0) is 9.80. The SMILES string of the molecule is O=C(Oc1ccccc1)n1ccnc1. The highest BCUT2D eigenvalue weighted by atomic mass is 16.6. The Morgan fingerprint density at radius 1 is 1.29 bits per heavy atom. The maximum absolute atomic E-state index is 11.4. The average molecular weight is 188 g/mol. The molecule has 0 fully saturated rings. The van der Waals surface area contributed by atoms with Gasteiger partial charge in [-0.25, -0.2) is 14.3 Å². The van der Waals surface area contributed by atoms with Crippen LogP contribution in [0.15, 0.2) is 49.1 Å². The van der Waals surface area contributed by atoms with E-state index in [1.54, 1.807) is 24.3 Å². The summed E-state index contributed by atoms with van der Waals surface area (Å²) in [5, 5.41) is 0. The van der Waals surface area contributed by atoms with Gasteiger partial charge < -0.3 is 4.74 Å². The minimum Gasteiger partial charge on any atom is -0.410 e. The first-order valence-electron chi connectivity index (χ1n) is 4.11. The number of nitrogens with zero attached hydrogens (tertiary/aromatic N) is 2. The smallest absolute Gasteiger partial charge is 0.410 e. The Morgan fingerprint density at radius 3 is 2.71 bits per heavy atom. The first-order chi connectivity index (χ1) is 6.86. The van der Waals surface area contributed by atoms with Crippen LogP contribution in [0.25, 0.3) is 0 Å². The van der Waals surface area contributed by atoms with E-state index in [9.17, 15) is 4.79 Å². The Balaban J connectivity index is 2.10. The van der Waals surface area contributed by atoms with Crippen molar-refractivity contribution in [2.75, 3.05) is 0 Å². The molecule has 0 aliphatic heterocycles. The highest BCUT2D eigenvalue weighted by molar-refractivity contribution is 5.72. The molecule has 4 nitrogen and oxygen atoms in total. The van der Waals surface area contributed by atoms with E-state index in [4.69, 9.17) is 4.74 Å². The van der Waals surface area contributed by atoms with Gasteiger partial charge in [-0.2, -0.15) is 0 Å². The zero-order valence-corrected chi connectivity index (χ0v) is 7.33. The van der Waals surface area contributed by atoms with E-state index in [0.29, 0.717) is 5.75 Å². The lowest BCUT2D eigenvalue weighted by Crippen LogP contribution is -2.14. The van der Waals surface area contributed by atoms with Crippen molar-refractivity contribution in [3.63, 3.8) is 0 Å². The summed E-state index contributed by atoms with van der Waals surface area (Å²) in [4.78, 5) is 15.1. The van der Waals surface area contributed by atoms with Crippen LogP contribution < -0.4 is 4.74 Å². The lowest BCUT2D eigenvalue weighted by molar-refractivity contribution is 0.202. The summed E-state index contributed by atoms with van der Waals surface area (Å²) in [6.45, 7) is 0. The third-order valence-corrected chi connectivity index (χ3v) is 1.66. The number of aromatic nitrogens is 2. The van der Waals surface area contributed by atoms with Gasteiger partial charge in [0.2, 0.25) is 0 Å². The Hall–Kier alpha value is -2.10. The number of para-hydroxylation sites is 1. The Labute approximate surface area is 80.8 Å². The van der Waals surface area contributed by atoms with Crippen LogP contribution in [0.2, 0.25) is 0 Å². The van der Waals surface area contributed by atoms with Crippen LogP contribution in [-0.4, -0.2) is 15.6 Å². The van der Waals surface area contributed by atoms with E-state index in [1.165, 1.54) is 23.3 Å². The van der Waals surface area contributed by atoms with Crippen molar-refractivity contribution in [2.45, 2.75) is 0 Å². The van der Waals surface area contributed by atoms with Gasteiger partial charge in [-0.15, -0.1) is 0 Å². The van der Waals surface area contributed by atoms with E-state index >= 15 is 0 Å². The summed E-state index contributed by atoms with van der Waals surface area (Å²) in [5.74, 6) is 0.520. The number of imidazole rings is 1. The third kappa shape index (κ3) is 1.80. The summed E-state index contributed by atoms with van der Waals surface area (Å²) >= 11 is 0. The number of carbonyl (C=O) groups is 1. The molecule has 1 heterocycles. The molecule has 0 atom stereocenters. The Kier molecular flexibility index (Phi) is 2.27. The quantitative estimate of drug-likeness (QED) is 0.686. The molecule has 1 aromatic carbocycles. The second-order valence-corrected chi connectivity index (χ2v) is 2.65. The van der Waals surface area contributed by atoms with Crippen molar-refractivity contribution >= 4 is 6.09 Å². The maximum Gasteiger partial charge on any atom is 0.424 e. The molecule has 4 heteroatoms. The van der Waals surface area contributed by atoms with Crippen LogP contribution in [0.4, 0.5) is 4.79 Å². The number of carbonyl (C=O) groups excluding carboxylic acids is 1. The Bertz CT molecular complexity index is 409. The molecule has 0 unspecified atom stereocenters. The number of benzene rings is 1. The minimum atomic E-state index is -0.464. The van der Waals surface area contributed by atoms with Gasteiger partial charge in [0.15, 0.2) is 0 Å². The molecule has 2 aromatic rings. The van der Waals surface area contributed by atoms with Crippen molar-refractivity contribution in [1.29, 1.82) is 0 Å². The molecule has 14 heavy (non-hydrogen) atoms. The van der Waals surface area contributed by atoms with Crippen molar-refractivity contribution in [2.24, 2.45) is 0 Å². The predicted octanol–water partition coefficient (Wildman–Crippen LogP) is 1.93. The van der Waals surface area contributed by atoms with E-state index in [1.807, 2.05) is 6.07 Å². The van der Waals surface area contributed by atoms with Crippen molar-refractivity contribution in [3.8, 4) is 5.75 Å². The highest BCUT2D eigenvalue weighted by Gasteiger charge is 2.04. The summed E-state index contributed by atoms with van der Waals surface area (Å²) in [6, 6.07) is 8.89. The van der Waals surface area contributed by atoms with Crippen LogP contribution in [0.5, 0.6) is 5.75 Å². The van der Waals surface area contributed by atoms with Crippen LogP contribution in [0.3, 0.4) is 0 Å². The van der Waals surface area contributed by atoms with Crippen LogP contribution in [0, 0.1) is 0 Å². The molecule has 2 rings (SSSR count). The zero-order valence-electron chi connectivity index (χ0n) is 7.33. The number of ether oxygens (including phenoxy) is 1. The predicted molar refractivity (Wildman–Crippen MR) is 50.1 cm³/mol. The van der Waals surface area contributed by atoms with Gasteiger partial charge in [-0.1, -0.05) is 18.2 Å². The molecule has 70 valence electrons. The standard InChI is InChI=1S/C10H8N2O2/c13-10(12-7-6-11-8-12)14-9-4-2-1-3-5-9/h1-8H. The first kappa shape index (κ1) is 8.50. The first-order valence-corrected chi connectivity index (χ1v) is 4.11. The molecular formula is C10H8N2O2. The van der Waals surface area contributed by atoms with Gasteiger partial charge in [0.05, 0.1) is 0 Å². The summed E-state index contributed by atoms with van der Waals surface area (Å²) in [5.41, 5.74) is 0. The summed E-state index contributed by atoms with van der Waals surface area (Å²) in [6.07, 6.45) is 3.98. The topological polar surface area (TPSA) is 44.1 Å². The highest BCUT2D eigenvalue weighted by Crippen LogP contribution is 2.09. The molecule has 0 saturated heterocycles. The molecule has 0 radical (unpaired) electrons. The van der Waals surface area contributed by atoms with Crippen molar-refractivity contribution in [1.82, 2.24) is 9.55 Å². The van der Waals surface area contributed by atoms with E-state index < -0.39 is 6.09 Å². The van der Waals surface area contributed by atoms with Gasteiger partial charge in [-0.3, -0.25) is 0 Å². The van der Waals surface area contributed by atoms with E-state index in [2.05, 4.69) is 4.98 Å². The normalized spacial score (nSPS) is 9.71. The molecule has 0 amide bonds. The van der Waals surface area contributed by atoms with Gasteiger partial charge in [0.25, 0.3) is 0 Å². The minimum absolute atomic E-state index is 0.464. The van der Waals surface area contributed by atoms with E-state index in [-0.39, 0.29) is 0 Å². The lowest BCUT2D eigenvalue weighted by Gasteiger charge is -2.02. The number of hydrogen-bond donors (Lipinski definition) is 0. The molecule has 0 saturated carbocycles. The van der Waals surface area contributed by atoms with Gasteiger partial charge in [0, 0.05) is 12.4 Å². The fourth-order valence-corrected chi connectivity index (χ4v) is 1.01. The number of hydrogen-bond acceptors (Lipinski definition) is 3. The van der Waals surface area contributed by atoms with E-state index in [0.717, 1.165) is 0 Å². The Morgan fingerprint density at radius 2 is 2.07 bits per heavy atom. The van der Waals surface area contributed by atoms with Gasteiger partial charge >= 0.3 is 6.09 Å². The molecular weight excluding hydrogens is 180 g/mol. The van der Waals surface area contributed by atoms with Gasteiger partial charge in [0.1, 0.15) is 12.1 Å². The maximum atomic E-state index is 11.4. The van der Waals surface area contributed by atoms with Crippen molar-refractivity contribution < 1.29 is 9.53 Å². The van der Waals surface area contributed by atoms with Crippen LogP contribution >= 0.6 is 0 Å². The second-order valence-electron chi connectivity index (χ2n) is 2.65. The number of rotatable bonds is 1. The van der Waals surface area contributed by atoms with Crippen LogP contribution in [0.1, 0.15) is 0 Å². The lowest BCUT2D eigenvalue weighted by atomic mass is 10.3. The molecule has 0 spiro atoms. The molecule has 0 N–H and O–H groups in total. The molecule has 1 aromatic heterocycles. The fourth-order valence-electron chi connectivity index (χ4n) is 1.01. The van der Waals surface area contributed by atoms with Gasteiger partial charge in [-0.05, 0) is 12.1 Å². The monoisotopic (exact) mass is 188 g/mol. The molecule has 0 aliphatic rings.